The summed E-state index contributed by atoms with van der Waals surface area (Å²) in [5.74, 6) is -2.59. The average Bonchev–Trinajstić information content (AvgIpc) is 3.50. The molecule has 0 spiro atoms. The summed E-state index contributed by atoms with van der Waals surface area (Å²) in [7, 11) is 0. The number of nitrogens with one attached hydrogen (secondary N) is 4. The molecule has 4 atom stereocenters. The lowest BCUT2D eigenvalue weighted by Crippen LogP contribution is -2.58. The number of imidazole rings is 1. The number of carbonyl (C=O) groups is 4. The van der Waals surface area contributed by atoms with Crippen molar-refractivity contribution in [3.8, 4) is 11.5 Å². The SMILES string of the molecule is CSCCC(N)C(=O)NC(Cc1ccc(O)cc1)C(=O)NC(Cc1cnc[nH]1)C(=O)NC(Cc1ccc(O)cc1)C(=O)O. The third-order valence-corrected chi connectivity index (χ3v) is 7.23. The van der Waals surface area contributed by atoms with Gasteiger partial charge < -0.3 is 42.0 Å². The molecule has 9 N–H and O–H groups in total. The molecular weight excluding hydrogens is 576 g/mol. The zero-order valence-electron chi connectivity index (χ0n) is 23.5. The fourth-order valence-corrected chi connectivity index (χ4v) is 4.66. The van der Waals surface area contributed by atoms with Crippen LogP contribution in [0.5, 0.6) is 11.5 Å². The fraction of sp³-hybridized carbons (Fsp3) is 0.345. The molecule has 0 aliphatic rings. The Morgan fingerprint density at radius 1 is 0.814 bits per heavy atom. The van der Waals surface area contributed by atoms with Crippen molar-refractivity contribution in [1.82, 2.24) is 25.9 Å². The number of aromatic hydroxyl groups is 2. The predicted molar refractivity (Wildman–Crippen MR) is 160 cm³/mol. The van der Waals surface area contributed by atoms with E-state index in [0.717, 1.165) is 0 Å². The van der Waals surface area contributed by atoms with E-state index in [0.29, 0.717) is 29.0 Å². The number of phenolic OH excluding ortho intramolecular Hbond substituents is 2. The van der Waals surface area contributed by atoms with Crippen LogP contribution in [-0.4, -0.2) is 85.2 Å². The monoisotopic (exact) mass is 612 g/mol. The van der Waals surface area contributed by atoms with Crippen LogP contribution in [0.4, 0.5) is 0 Å². The first-order chi connectivity index (χ1) is 20.5. The molecule has 0 fully saturated rings. The molecule has 0 radical (unpaired) electrons. The highest BCUT2D eigenvalue weighted by atomic mass is 32.2. The van der Waals surface area contributed by atoms with Gasteiger partial charge in [0.25, 0.3) is 0 Å². The number of aromatic amines is 1. The smallest absolute Gasteiger partial charge is 0.326 e. The van der Waals surface area contributed by atoms with Crippen LogP contribution in [0.2, 0.25) is 0 Å². The highest BCUT2D eigenvalue weighted by molar-refractivity contribution is 7.98. The Labute approximate surface area is 252 Å². The maximum absolute atomic E-state index is 13.6. The second kappa shape index (κ2) is 16.2. The molecule has 0 aliphatic carbocycles. The maximum atomic E-state index is 13.6. The van der Waals surface area contributed by atoms with Gasteiger partial charge >= 0.3 is 5.97 Å². The zero-order chi connectivity index (χ0) is 31.4. The van der Waals surface area contributed by atoms with Gasteiger partial charge in [0.05, 0.1) is 12.4 Å². The van der Waals surface area contributed by atoms with Crippen LogP contribution in [0, 0.1) is 0 Å². The fourth-order valence-electron chi connectivity index (χ4n) is 4.17. The normalized spacial score (nSPS) is 13.7. The molecular formula is C29H36N6O7S. The minimum atomic E-state index is -1.33. The van der Waals surface area contributed by atoms with Crippen molar-refractivity contribution >= 4 is 35.5 Å². The Balaban J connectivity index is 1.81. The largest absolute Gasteiger partial charge is 0.508 e. The molecule has 0 bridgehead atoms. The van der Waals surface area contributed by atoms with Crippen molar-refractivity contribution in [2.45, 2.75) is 49.9 Å². The number of thioether (sulfide) groups is 1. The van der Waals surface area contributed by atoms with Crippen LogP contribution >= 0.6 is 11.8 Å². The highest BCUT2D eigenvalue weighted by Crippen LogP contribution is 2.14. The number of H-pyrrole nitrogens is 1. The van der Waals surface area contributed by atoms with Crippen molar-refractivity contribution in [2.75, 3.05) is 12.0 Å². The van der Waals surface area contributed by atoms with Crippen LogP contribution in [0.3, 0.4) is 0 Å². The summed E-state index contributed by atoms with van der Waals surface area (Å²) in [4.78, 5) is 58.7. The maximum Gasteiger partial charge on any atom is 0.326 e. The molecule has 43 heavy (non-hydrogen) atoms. The third-order valence-electron chi connectivity index (χ3n) is 6.58. The molecule has 14 heteroatoms. The number of hydrogen-bond donors (Lipinski definition) is 8. The minimum Gasteiger partial charge on any atom is -0.508 e. The van der Waals surface area contributed by atoms with Gasteiger partial charge in [-0.25, -0.2) is 9.78 Å². The molecule has 0 saturated heterocycles. The molecule has 3 aromatic rings. The zero-order valence-corrected chi connectivity index (χ0v) is 24.3. The standard InChI is InChI=1S/C29H36N6O7S/c1-43-11-10-22(30)26(38)33-23(12-17-2-6-20(36)7-3-17)27(39)34-24(14-19-15-31-16-32-19)28(40)35-25(29(41)42)13-18-4-8-21(37)9-5-18/h2-9,15-16,22-25,36-37H,10-14,30H2,1H3,(H,31,32)(H,33,38)(H,34,39)(H,35,40)(H,41,42). The molecule has 0 saturated carbocycles. The molecule has 3 rings (SSSR count). The van der Waals surface area contributed by atoms with E-state index in [9.17, 15) is 34.5 Å². The van der Waals surface area contributed by atoms with Crippen molar-refractivity contribution < 1.29 is 34.5 Å². The van der Waals surface area contributed by atoms with Gasteiger partial charge in [-0.05, 0) is 53.8 Å². The molecule has 13 nitrogen and oxygen atoms in total. The van der Waals surface area contributed by atoms with E-state index in [1.165, 1.54) is 48.6 Å². The van der Waals surface area contributed by atoms with E-state index in [1.54, 1.807) is 24.3 Å². The molecule has 1 heterocycles. The van der Waals surface area contributed by atoms with Gasteiger partial charge in [0.15, 0.2) is 0 Å². The number of phenols is 2. The minimum absolute atomic E-state index is 0.0150. The van der Waals surface area contributed by atoms with Crippen LogP contribution in [0.15, 0.2) is 61.1 Å². The number of benzene rings is 2. The van der Waals surface area contributed by atoms with Gasteiger partial charge in [0, 0.05) is 31.2 Å². The van der Waals surface area contributed by atoms with E-state index >= 15 is 0 Å². The molecule has 230 valence electrons. The lowest BCUT2D eigenvalue weighted by atomic mass is 10.0. The summed E-state index contributed by atoms with van der Waals surface area (Å²) in [6, 6.07) is 7.44. The van der Waals surface area contributed by atoms with Gasteiger partial charge in [-0.1, -0.05) is 24.3 Å². The Bertz CT molecular complexity index is 1350. The summed E-state index contributed by atoms with van der Waals surface area (Å²) in [5.41, 5.74) is 7.72. The number of carboxylic acids is 1. The Morgan fingerprint density at radius 2 is 1.30 bits per heavy atom. The quantitative estimate of drug-likeness (QED) is 0.112. The molecule has 3 amide bonds. The Kier molecular flexibility index (Phi) is 12.4. The number of nitrogens with two attached hydrogens (primary N) is 1. The second-order valence-electron chi connectivity index (χ2n) is 9.93. The van der Waals surface area contributed by atoms with Crippen molar-refractivity contribution in [2.24, 2.45) is 5.73 Å². The number of carbonyl (C=O) groups excluding carboxylic acids is 3. The van der Waals surface area contributed by atoms with Gasteiger partial charge in [-0.2, -0.15) is 11.8 Å². The summed E-state index contributed by atoms with van der Waals surface area (Å²) in [5, 5.41) is 36.8. The number of hydrogen-bond acceptors (Lipinski definition) is 9. The Hall–Kier alpha value is -4.56. The predicted octanol–water partition coefficient (Wildman–Crippen LogP) is 0.468. The summed E-state index contributed by atoms with van der Waals surface area (Å²) in [6.45, 7) is 0. The Morgan fingerprint density at radius 3 is 1.79 bits per heavy atom. The first-order valence-electron chi connectivity index (χ1n) is 13.5. The lowest BCUT2D eigenvalue weighted by molar-refractivity contribution is -0.142. The van der Waals surface area contributed by atoms with Gasteiger partial charge in [0.1, 0.15) is 29.6 Å². The summed E-state index contributed by atoms with van der Waals surface area (Å²) in [6.07, 6.45) is 5.07. The highest BCUT2D eigenvalue weighted by Gasteiger charge is 2.31. The third kappa shape index (κ3) is 10.7. The van der Waals surface area contributed by atoms with E-state index < -0.39 is 47.9 Å². The van der Waals surface area contributed by atoms with Crippen molar-refractivity contribution in [3.05, 3.63) is 77.9 Å². The number of carboxylic acid groups (broad SMARTS) is 1. The molecule has 0 aliphatic heterocycles. The van der Waals surface area contributed by atoms with Crippen molar-refractivity contribution in [3.63, 3.8) is 0 Å². The van der Waals surface area contributed by atoms with Crippen molar-refractivity contribution in [1.29, 1.82) is 0 Å². The van der Waals surface area contributed by atoms with Gasteiger partial charge in [0.2, 0.25) is 17.7 Å². The average molecular weight is 613 g/mol. The molecule has 1 aromatic heterocycles. The van der Waals surface area contributed by atoms with E-state index in [2.05, 4.69) is 25.9 Å². The van der Waals surface area contributed by atoms with E-state index in [4.69, 9.17) is 5.73 Å². The second-order valence-corrected chi connectivity index (χ2v) is 10.9. The number of nitrogens with zero attached hydrogens (tertiary/aromatic N) is 1. The van der Waals surface area contributed by atoms with Crippen LogP contribution in [0.1, 0.15) is 23.2 Å². The summed E-state index contributed by atoms with van der Waals surface area (Å²) >= 11 is 1.53. The van der Waals surface area contributed by atoms with Crippen LogP contribution < -0.4 is 21.7 Å². The molecule has 2 aromatic carbocycles. The topological polar surface area (TPSA) is 220 Å². The van der Waals surface area contributed by atoms with E-state index in [-0.39, 0.29) is 30.8 Å². The lowest BCUT2D eigenvalue weighted by Gasteiger charge is -2.25. The summed E-state index contributed by atoms with van der Waals surface area (Å²) < 4.78 is 0. The first-order valence-corrected chi connectivity index (χ1v) is 14.9. The van der Waals surface area contributed by atoms with Crippen LogP contribution in [-0.2, 0) is 38.4 Å². The number of rotatable bonds is 16. The van der Waals surface area contributed by atoms with E-state index in [1.807, 2.05) is 6.26 Å². The van der Waals surface area contributed by atoms with Gasteiger partial charge in [-0.3, -0.25) is 14.4 Å². The van der Waals surface area contributed by atoms with Crippen LogP contribution in [0.25, 0.3) is 0 Å². The first kappa shape index (κ1) is 32.9. The number of aromatic nitrogens is 2. The molecule has 4 unspecified atom stereocenters. The number of aliphatic carboxylic acids is 1. The van der Waals surface area contributed by atoms with Gasteiger partial charge in [-0.15, -0.1) is 0 Å². The number of amides is 3.